The zero-order valence-corrected chi connectivity index (χ0v) is 20.8. The molecule has 4 N–H and O–H groups in total. The quantitative estimate of drug-likeness (QED) is 0.321. The molecular formula is C25H38N4O5. The first-order chi connectivity index (χ1) is 16.0. The zero-order chi connectivity index (χ0) is 25.7. The molecule has 4 amide bonds. The van der Waals surface area contributed by atoms with Crippen LogP contribution in [0.25, 0.3) is 0 Å². The van der Waals surface area contributed by atoms with Crippen molar-refractivity contribution in [3.8, 4) is 0 Å². The molecule has 9 nitrogen and oxygen atoms in total. The second-order valence-electron chi connectivity index (χ2n) is 8.95. The average molecular weight is 475 g/mol. The maximum Gasteiger partial charge on any atom is 0.243 e. The first-order valence-corrected chi connectivity index (χ1v) is 11.7. The van der Waals surface area contributed by atoms with Gasteiger partial charge in [0.15, 0.2) is 0 Å². The maximum atomic E-state index is 13.2. The van der Waals surface area contributed by atoms with Crippen molar-refractivity contribution >= 4 is 29.4 Å². The van der Waals surface area contributed by atoms with Gasteiger partial charge in [0.05, 0.1) is 13.1 Å². The number of benzene rings is 1. The number of hydrogen-bond donors (Lipinski definition) is 4. The van der Waals surface area contributed by atoms with Gasteiger partial charge in [-0.15, -0.1) is 0 Å². The summed E-state index contributed by atoms with van der Waals surface area (Å²) in [6.07, 6.45) is 1.23. The SMILES string of the molecule is CCC(C)C(=O)NCC(=O)NC(Cc1ccccc1)C(=O)NC(CC(C)C)C(=O)NCC(C)=O. The molecule has 1 aromatic rings. The van der Waals surface area contributed by atoms with Gasteiger partial charge in [0, 0.05) is 12.3 Å². The fourth-order valence-corrected chi connectivity index (χ4v) is 3.14. The summed E-state index contributed by atoms with van der Waals surface area (Å²) >= 11 is 0. The van der Waals surface area contributed by atoms with Crippen LogP contribution >= 0.6 is 0 Å². The van der Waals surface area contributed by atoms with E-state index in [1.807, 2.05) is 51.1 Å². The van der Waals surface area contributed by atoms with Gasteiger partial charge in [-0.1, -0.05) is 58.0 Å². The van der Waals surface area contributed by atoms with E-state index in [9.17, 15) is 24.0 Å². The minimum absolute atomic E-state index is 0.103. The van der Waals surface area contributed by atoms with E-state index >= 15 is 0 Å². The van der Waals surface area contributed by atoms with Crippen LogP contribution in [0.15, 0.2) is 30.3 Å². The van der Waals surface area contributed by atoms with Crippen LogP contribution in [0.5, 0.6) is 0 Å². The highest BCUT2D eigenvalue weighted by molar-refractivity contribution is 5.94. The monoisotopic (exact) mass is 474 g/mol. The van der Waals surface area contributed by atoms with Crippen molar-refractivity contribution in [3.63, 3.8) is 0 Å². The average Bonchev–Trinajstić information content (AvgIpc) is 2.79. The number of nitrogens with one attached hydrogen (secondary N) is 4. The lowest BCUT2D eigenvalue weighted by atomic mass is 10.0. The van der Waals surface area contributed by atoms with E-state index in [1.54, 1.807) is 6.92 Å². The highest BCUT2D eigenvalue weighted by Crippen LogP contribution is 2.08. The van der Waals surface area contributed by atoms with E-state index in [2.05, 4.69) is 21.3 Å². The van der Waals surface area contributed by atoms with E-state index < -0.39 is 29.8 Å². The Morgan fingerprint density at radius 2 is 1.41 bits per heavy atom. The molecule has 0 saturated carbocycles. The van der Waals surface area contributed by atoms with Crippen LogP contribution in [0.1, 0.15) is 53.0 Å². The first kappa shape index (κ1) is 28.8. The Bertz CT molecular complexity index is 841. The lowest BCUT2D eigenvalue weighted by molar-refractivity contribution is -0.133. The Morgan fingerprint density at radius 3 is 1.97 bits per heavy atom. The van der Waals surface area contributed by atoms with E-state index in [1.165, 1.54) is 6.92 Å². The topological polar surface area (TPSA) is 133 Å². The summed E-state index contributed by atoms with van der Waals surface area (Å²) in [5.41, 5.74) is 0.827. The Hall–Kier alpha value is -3.23. The molecule has 0 aromatic heterocycles. The summed E-state index contributed by atoms with van der Waals surface area (Å²) < 4.78 is 0. The lowest BCUT2D eigenvalue weighted by Gasteiger charge is -2.24. The maximum absolute atomic E-state index is 13.2. The predicted molar refractivity (Wildman–Crippen MR) is 130 cm³/mol. The van der Waals surface area contributed by atoms with Crippen LogP contribution < -0.4 is 21.3 Å². The number of carbonyl (C=O) groups is 5. The number of rotatable bonds is 14. The van der Waals surface area contributed by atoms with Crippen LogP contribution in [0.3, 0.4) is 0 Å². The van der Waals surface area contributed by atoms with Crippen LogP contribution in [-0.4, -0.2) is 54.6 Å². The van der Waals surface area contributed by atoms with Crippen molar-refractivity contribution < 1.29 is 24.0 Å². The molecule has 0 bridgehead atoms. The summed E-state index contributed by atoms with van der Waals surface area (Å²) in [5.74, 6) is -2.03. The van der Waals surface area contributed by atoms with E-state index in [-0.39, 0.29) is 43.0 Å². The summed E-state index contributed by atoms with van der Waals surface area (Å²) in [6.45, 7) is 8.47. The Labute approximate surface area is 201 Å². The van der Waals surface area contributed by atoms with Crippen LogP contribution in [-0.2, 0) is 30.4 Å². The number of hydrogen-bond acceptors (Lipinski definition) is 5. The molecule has 0 aliphatic carbocycles. The number of carbonyl (C=O) groups excluding carboxylic acids is 5. The first-order valence-electron chi connectivity index (χ1n) is 11.7. The van der Waals surface area contributed by atoms with Gasteiger partial charge in [-0.05, 0) is 31.2 Å². The summed E-state index contributed by atoms with van der Waals surface area (Å²) in [7, 11) is 0. The third-order valence-corrected chi connectivity index (χ3v) is 5.27. The zero-order valence-electron chi connectivity index (χ0n) is 20.8. The minimum atomic E-state index is -0.953. The van der Waals surface area contributed by atoms with Gasteiger partial charge in [-0.3, -0.25) is 24.0 Å². The summed E-state index contributed by atoms with van der Waals surface area (Å²) in [6, 6.07) is 7.37. The van der Waals surface area contributed by atoms with Crippen molar-refractivity contribution in [2.45, 2.75) is 66.0 Å². The number of amides is 4. The highest BCUT2D eigenvalue weighted by atomic mass is 16.2. The molecule has 188 valence electrons. The van der Waals surface area contributed by atoms with Crippen LogP contribution in [0.2, 0.25) is 0 Å². The minimum Gasteiger partial charge on any atom is -0.347 e. The molecule has 0 saturated heterocycles. The van der Waals surface area contributed by atoms with Crippen LogP contribution in [0, 0.1) is 11.8 Å². The van der Waals surface area contributed by atoms with Gasteiger partial charge in [-0.25, -0.2) is 0 Å². The van der Waals surface area contributed by atoms with E-state index in [0.717, 1.165) is 5.56 Å². The fraction of sp³-hybridized carbons (Fsp3) is 0.560. The third kappa shape index (κ3) is 11.1. The second kappa shape index (κ2) is 14.8. The molecule has 0 fully saturated rings. The summed E-state index contributed by atoms with van der Waals surface area (Å²) in [5, 5.41) is 10.5. The van der Waals surface area contributed by atoms with Crippen molar-refractivity contribution in [3.05, 3.63) is 35.9 Å². The van der Waals surface area contributed by atoms with Crippen molar-refractivity contribution in [1.82, 2.24) is 21.3 Å². The molecule has 0 aliphatic rings. The molecule has 0 spiro atoms. The normalized spacial score (nSPS) is 13.4. The molecule has 0 radical (unpaired) electrons. The van der Waals surface area contributed by atoms with Gasteiger partial charge in [0.25, 0.3) is 0 Å². The third-order valence-electron chi connectivity index (χ3n) is 5.27. The molecule has 3 atom stereocenters. The van der Waals surface area contributed by atoms with Gasteiger partial charge >= 0.3 is 0 Å². The smallest absolute Gasteiger partial charge is 0.243 e. The number of ketones is 1. The lowest BCUT2D eigenvalue weighted by Crippen LogP contribution is -2.56. The Balaban J connectivity index is 2.94. The largest absolute Gasteiger partial charge is 0.347 e. The molecule has 0 aliphatic heterocycles. The molecule has 1 aromatic carbocycles. The van der Waals surface area contributed by atoms with Gasteiger partial charge in [-0.2, -0.15) is 0 Å². The predicted octanol–water partition coefficient (Wildman–Crippen LogP) is 1.11. The fourth-order valence-electron chi connectivity index (χ4n) is 3.14. The van der Waals surface area contributed by atoms with E-state index in [0.29, 0.717) is 12.8 Å². The molecule has 3 unspecified atom stereocenters. The second-order valence-corrected chi connectivity index (χ2v) is 8.95. The molecular weight excluding hydrogens is 436 g/mol. The molecule has 0 heterocycles. The molecule has 9 heteroatoms. The van der Waals surface area contributed by atoms with E-state index in [4.69, 9.17) is 0 Å². The number of Topliss-reactive ketones (excluding diaryl/α,β-unsaturated/α-hetero) is 1. The highest BCUT2D eigenvalue weighted by Gasteiger charge is 2.28. The van der Waals surface area contributed by atoms with Crippen molar-refractivity contribution in [2.24, 2.45) is 11.8 Å². The van der Waals surface area contributed by atoms with Gasteiger partial charge in [0.1, 0.15) is 17.9 Å². The standard InChI is InChI=1S/C25H38N4O5/c1-6-17(4)23(32)27-15-22(31)28-21(13-19-10-8-7-9-11-19)25(34)29-20(12-16(2)3)24(33)26-14-18(5)30/h7-11,16-17,20-21H,6,12-15H2,1-5H3,(H,26,33)(H,27,32)(H,28,31)(H,29,34). The summed E-state index contributed by atoms with van der Waals surface area (Å²) in [4.78, 5) is 61.5. The Morgan fingerprint density at radius 1 is 0.794 bits per heavy atom. The van der Waals surface area contributed by atoms with Gasteiger partial charge < -0.3 is 21.3 Å². The Kier molecular flexibility index (Phi) is 12.6. The van der Waals surface area contributed by atoms with Crippen LogP contribution in [0.4, 0.5) is 0 Å². The molecule has 34 heavy (non-hydrogen) atoms. The van der Waals surface area contributed by atoms with Gasteiger partial charge in [0.2, 0.25) is 23.6 Å². The van der Waals surface area contributed by atoms with Crippen molar-refractivity contribution in [2.75, 3.05) is 13.1 Å². The molecule has 1 rings (SSSR count). The van der Waals surface area contributed by atoms with Crippen molar-refractivity contribution in [1.29, 1.82) is 0 Å².